The molecule has 7 heterocycles. The number of para-hydroxylation sites is 4. The van der Waals surface area contributed by atoms with Crippen LogP contribution in [-0.2, 0) is 0 Å². The van der Waals surface area contributed by atoms with Crippen molar-refractivity contribution in [2.24, 2.45) is 0 Å². The highest BCUT2D eigenvalue weighted by Crippen LogP contribution is 2.44. The molecule has 0 aliphatic carbocycles. The van der Waals surface area contributed by atoms with Crippen molar-refractivity contribution in [3.05, 3.63) is 437 Å². The van der Waals surface area contributed by atoms with E-state index in [-0.39, 0.29) is 0 Å². The van der Waals surface area contributed by atoms with Crippen molar-refractivity contribution in [2.45, 2.75) is 0 Å². The zero-order valence-electron chi connectivity index (χ0n) is 66.0. The number of hydrogen-bond donors (Lipinski definition) is 0. The van der Waals surface area contributed by atoms with E-state index in [4.69, 9.17) is 29.9 Å². The lowest BCUT2D eigenvalue weighted by molar-refractivity contribution is 1.16. The van der Waals surface area contributed by atoms with Crippen LogP contribution in [0.2, 0.25) is 0 Å². The summed E-state index contributed by atoms with van der Waals surface area (Å²) in [5.74, 6) is 2.11. The molecule has 570 valence electrons. The van der Waals surface area contributed by atoms with Crippen LogP contribution in [0, 0.1) is 0 Å². The van der Waals surface area contributed by atoms with E-state index >= 15 is 0 Å². The summed E-state index contributed by atoms with van der Waals surface area (Å²) in [5.41, 5.74) is 28.1. The van der Waals surface area contributed by atoms with Crippen LogP contribution in [0.25, 0.3) is 222 Å². The summed E-state index contributed by atoms with van der Waals surface area (Å²) >= 11 is 0. The summed E-state index contributed by atoms with van der Waals surface area (Å²) in [7, 11) is 0. The predicted octanol–water partition coefficient (Wildman–Crippen LogP) is 28.3. The SMILES string of the molecule is c1ccc(-c2cc(-c3ccc(-n4c5ccccc5c5cc6c7ccccc7n(-c7ccc(-c8cc(-c9ccccc9)nc(-c9ccccc9)n8)cc7)c6cc54)cc3)nc(-c3ccccc3)n2)cc1.c1ccc(-c2cc(-c3cccc(-n4c5ccccc5c5cc6c7ccccc7n(-c7ccc8ccccc8c7)c6cc54)c3)nc(-c3ccccc3)n2)cc1. The molecular formula is C112H72N10. The first kappa shape index (κ1) is 70.8. The number of rotatable bonds is 13. The first-order valence-electron chi connectivity index (χ1n) is 41.2. The second kappa shape index (κ2) is 29.9. The monoisotopic (exact) mass is 1560 g/mol. The van der Waals surface area contributed by atoms with Crippen molar-refractivity contribution in [3.8, 4) is 124 Å². The summed E-state index contributed by atoms with van der Waals surface area (Å²) in [6.07, 6.45) is 0. The Labute approximate surface area is 702 Å². The van der Waals surface area contributed by atoms with E-state index in [0.717, 1.165) is 140 Å². The summed E-state index contributed by atoms with van der Waals surface area (Å²) in [6, 6.07) is 154. The van der Waals surface area contributed by atoms with Gasteiger partial charge in [-0.25, -0.2) is 29.9 Å². The van der Waals surface area contributed by atoms with Gasteiger partial charge < -0.3 is 18.3 Å². The molecule has 122 heavy (non-hydrogen) atoms. The van der Waals surface area contributed by atoms with E-state index in [0.29, 0.717) is 17.5 Å². The molecule has 0 radical (unpaired) electrons. The molecule has 0 N–H and O–H groups in total. The minimum Gasteiger partial charge on any atom is -0.309 e. The van der Waals surface area contributed by atoms with Gasteiger partial charge in [-0.3, -0.25) is 0 Å². The normalized spacial score (nSPS) is 11.6. The maximum atomic E-state index is 5.15. The highest BCUT2D eigenvalue weighted by Gasteiger charge is 2.24. The van der Waals surface area contributed by atoms with Gasteiger partial charge >= 0.3 is 0 Å². The van der Waals surface area contributed by atoms with Gasteiger partial charge in [-0.1, -0.05) is 322 Å². The fourth-order valence-corrected chi connectivity index (χ4v) is 17.9. The molecule has 7 aromatic heterocycles. The largest absolute Gasteiger partial charge is 0.309 e. The predicted molar refractivity (Wildman–Crippen MR) is 503 cm³/mol. The molecule has 0 aliphatic heterocycles. The first-order chi connectivity index (χ1) is 60.5. The Kier molecular flexibility index (Phi) is 17.3. The second-order valence-corrected chi connectivity index (χ2v) is 30.9. The van der Waals surface area contributed by atoms with Crippen LogP contribution in [0.15, 0.2) is 437 Å². The maximum Gasteiger partial charge on any atom is 0.160 e. The standard InChI is InChI=1S/C62H40N6.C50H32N4/c1-5-17-41(18-6-1)53-38-55(65-61(63-53)45-21-9-3-10-22-45)43-29-33-47(34-30-43)67-57-27-15-13-25-49(57)51-37-52-50-26-14-16-28-58(50)68(60(52)40-59(51)67)48-35-31-44(32-36-48)56-39-54(42-19-7-2-8-20-42)64-62(66-56)46-23-11-4-12-24-46;1-3-15-34(16-4-1)44-31-45(52-50(51-44)35-17-5-2-6-18-35)37-20-13-21-38(29-37)53-46-24-11-9-22-40(46)42-30-43-41-23-10-12-25-47(41)54(49(43)32-48(42)53)39-27-26-33-14-7-8-19-36(33)28-39/h1-40H;1-32H. The molecule has 17 aromatic carbocycles. The molecule has 10 nitrogen and oxygen atoms in total. The van der Waals surface area contributed by atoms with Gasteiger partial charge in [-0.05, 0) is 126 Å². The number of nitrogens with zero attached hydrogens (tertiary/aromatic N) is 10. The minimum atomic E-state index is 0.700. The summed E-state index contributed by atoms with van der Waals surface area (Å²) < 4.78 is 9.63. The van der Waals surface area contributed by atoms with Crippen LogP contribution >= 0.6 is 0 Å². The molecule has 0 atom stereocenters. The lowest BCUT2D eigenvalue weighted by Gasteiger charge is -2.13. The molecule has 24 aromatic rings. The fourth-order valence-electron chi connectivity index (χ4n) is 17.9. The van der Waals surface area contributed by atoms with Gasteiger partial charge in [-0.15, -0.1) is 0 Å². The Morgan fingerprint density at radius 3 is 0.730 bits per heavy atom. The Hall–Kier alpha value is -16.6. The topological polar surface area (TPSA) is 97.1 Å². The molecule has 10 heteroatoms. The van der Waals surface area contributed by atoms with Gasteiger partial charge in [0, 0.05) is 116 Å². The first-order valence-corrected chi connectivity index (χ1v) is 41.2. The van der Waals surface area contributed by atoms with E-state index < -0.39 is 0 Å². The van der Waals surface area contributed by atoms with E-state index in [1.165, 1.54) is 64.9 Å². The van der Waals surface area contributed by atoms with Crippen molar-refractivity contribution >= 4 is 98.0 Å². The van der Waals surface area contributed by atoms with Crippen molar-refractivity contribution < 1.29 is 0 Å². The molecule has 0 amide bonds. The third-order valence-electron chi connectivity index (χ3n) is 23.6. The third kappa shape index (κ3) is 12.6. The van der Waals surface area contributed by atoms with E-state index in [9.17, 15) is 0 Å². The summed E-state index contributed by atoms with van der Waals surface area (Å²) in [5, 5.41) is 12.2. The van der Waals surface area contributed by atoms with Crippen LogP contribution in [0.5, 0.6) is 0 Å². The number of benzene rings is 17. The Bertz CT molecular complexity index is 7710. The van der Waals surface area contributed by atoms with Gasteiger partial charge in [0.1, 0.15) is 0 Å². The molecule has 0 saturated carbocycles. The maximum absolute atomic E-state index is 5.15. The molecule has 0 spiro atoms. The highest BCUT2D eigenvalue weighted by molar-refractivity contribution is 6.21. The minimum absolute atomic E-state index is 0.700. The molecule has 24 rings (SSSR count). The molecule has 0 saturated heterocycles. The fraction of sp³-hybridized carbons (Fsp3) is 0. The Morgan fingerprint density at radius 2 is 0.385 bits per heavy atom. The number of aromatic nitrogens is 10. The van der Waals surface area contributed by atoms with Crippen molar-refractivity contribution in [1.82, 2.24) is 48.2 Å². The van der Waals surface area contributed by atoms with E-state index in [2.05, 4.69) is 358 Å². The van der Waals surface area contributed by atoms with Gasteiger partial charge in [0.25, 0.3) is 0 Å². The highest BCUT2D eigenvalue weighted by atomic mass is 15.0. The van der Waals surface area contributed by atoms with E-state index in [1.807, 2.05) is 97.1 Å². The summed E-state index contributed by atoms with van der Waals surface area (Å²) in [4.78, 5) is 30.4. The third-order valence-corrected chi connectivity index (χ3v) is 23.6. The van der Waals surface area contributed by atoms with Gasteiger partial charge in [0.05, 0.1) is 78.3 Å². The average Bonchev–Trinajstić information content (AvgIpc) is 1.56. The van der Waals surface area contributed by atoms with Crippen LogP contribution < -0.4 is 0 Å². The molecular weight excluding hydrogens is 1490 g/mol. The molecule has 0 bridgehead atoms. The van der Waals surface area contributed by atoms with Crippen LogP contribution in [0.4, 0.5) is 0 Å². The van der Waals surface area contributed by atoms with E-state index in [1.54, 1.807) is 0 Å². The van der Waals surface area contributed by atoms with Crippen molar-refractivity contribution in [3.63, 3.8) is 0 Å². The van der Waals surface area contributed by atoms with Crippen molar-refractivity contribution in [1.29, 1.82) is 0 Å². The van der Waals surface area contributed by atoms with Crippen LogP contribution in [0.1, 0.15) is 0 Å². The number of fused-ring (bicyclic) bond motifs is 13. The zero-order valence-corrected chi connectivity index (χ0v) is 66.0. The Morgan fingerprint density at radius 1 is 0.131 bits per heavy atom. The molecule has 0 fully saturated rings. The average molecular weight is 1560 g/mol. The lowest BCUT2D eigenvalue weighted by atomic mass is 10.1. The van der Waals surface area contributed by atoms with Crippen LogP contribution in [0.3, 0.4) is 0 Å². The molecule has 0 aliphatic rings. The smallest absolute Gasteiger partial charge is 0.160 e. The van der Waals surface area contributed by atoms with Gasteiger partial charge in [0.2, 0.25) is 0 Å². The van der Waals surface area contributed by atoms with Gasteiger partial charge in [0.15, 0.2) is 17.5 Å². The lowest BCUT2D eigenvalue weighted by Crippen LogP contribution is -1.98. The Balaban J connectivity index is 0.000000145. The zero-order chi connectivity index (χ0) is 80.6. The second-order valence-electron chi connectivity index (χ2n) is 30.9. The number of hydrogen-bond acceptors (Lipinski definition) is 6. The molecule has 0 unspecified atom stereocenters. The van der Waals surface area contributed by atoms with Gasteiger partial charge in [-0.2, -0.15) is 0 Å². The quantitative estimate of drug-likeness (QED) is 0.114. The summed E-state index contributed by atoms with van der Waals surface area (Å²) in [6.45, 7) is 0. The van der Waals surface area contributed by atoms with Crippen molar-refractivity contribution in [2.75, 3.05) is 0 Å². The van der Waals surface area contributed by atoms with Crippen LogP contribution in [-0.4, -0.2) is 48.2 Å².